The lowest BCUT2D eigenvalue weighted by Gasteiger charge is -2.30. The second-order valence-corrected chi connectivity index (χ2v) is 23.6. The molecule has 0 aliphatic rings. The minimum absolute atomic E-state index is 0.0288. The molecular formula is C65H119N2O7P. The normalized spacial score (nSPS) is 14.2. The van der Waals surface area contributed by atoms with Crippen LogP contribution in [0.1, 0.15) is 278 Å². The number of phosphoric acid groups is 1. The molecule has 0 aromatic rings. The summed E-state index contributed by atoms with van der Waals surface area (Å²) < 4.78 is 30.3. The van der Waals surface area contributed by atoms with Gasteiger partial charge < -0.3 is 28.5 Å². The molecular weight excluding hydrogens is 952 g/mol. The second-order valence-electron chi connectivity index (χ2n) is 22.2. The number of hydrogen-bond acceptors (Lipinski definition) is 7. The van der Waals surface area contributed by atoms with E-state index in [-0.39, 0.29) is 24.9 Å². The van der Waals surface area contributed by atoms with E-state index in [0.29, 0.717) is 23.9 Å². The van der Waals surface area contributed by atoms with Gasteiger partial charge in [0.05, 0.1) is 33.8 Å². The van der Waals surface area contributed by atoms with Crippen LogP contribution in [0, 0.1) is 0 Å². The number of esters is 1. The Bertz CT molecular complexity index is 1510. The van der Waals surface area contributed by atoms with Crippen molar-refractivity contribution in [2.24, 2.45) is 0 Å². The number of carbonyl (C=O) groups is 2. The first kappa shape index (κ1) is 72.5. The largest absolute Gasteiger partial charge is 0.756 e. The van der Waals surface area contributed by atoms with Gasteiger partial charge in [0.1, 0.15) is 19.3 Å². The van der Waals surface area contributed by atoms with E-state index < -0.39 is 26.6 Å². The van der Waals surface area contributed by atoms with Crippen LogP contribution >= 0.6 is 7.82 Å². The summed E-state index contributed by atoms with van der Waals surface area (Å²) in [6.07, 6.45) is 70.1. The third-order valence-corrected chi connectivity index (χ3v) is 14.6. The van der Waals surface area contributed by atoms with Gasteiger partial charge in [0, 0.05) is 12.8 Å². The molecule has 0 rings (SSSR count). The molecule has 436 valence electrons. The van der Waals surface area contributed by atoms with E-state index in [9.17, 15) is 19.0 Å². The van der Waals surface area contributed by atoms with Gasteiger partial charge in [-0.25, -0.2) is 0 Å². The summed E-state index contributed by atoms with van der Waals surface area (Å²) in [5, 5.41) is 3.02. The Morgan fingerprint density at radius 1 is 0.480 bits per heavy atom. The Kier molecular flexibility index (Phi) is 52.9. The zero-order valence-electron chi connectivity index (χ0n) is 49.7. The van der Waals surface area contributed by atoms with E-state index >= 15 is 0 Å². The van der Waals surface area contributed by atoms with Crippen LogP contribution in [0.2, 0.25) is 0 Å². The van der Waals surface area contributed by atoms with E-state index in [1.165, 1.54) is 148 Å². The van der Waals surface area contributed by atoms with Crippen molar-refractivity contribution in [1.82, 2.24) is 5.32 Å². The molecule has 0 aliphatic heterocycles. The van der Waals surface area contributed by atoms with E-state index in [0.717, 1.165) is 89.9 Å². The first-order valence-electron chi connectivity index (χ1n) is 31.2. The molecule has 0 aromatic carbocycles. The van der Waals surface area contributed by atoms with Crippen molar-refractivity contribution in [2.75, 3.05) is 40.9 Å². The molecule has 0 aromatic heterocycles. The molecule has 0 fully saturated rings. The molecule has 0 saturated carbocycles. The maximum Gasteiger partial charge on any atom is 0.306 e. The summed E-state index contributed by atoms with van der Waals surface area (Å²) in [4.78, 5) is 40.0. The van der Waals surface area contributed by atoms with Crippen LogP contribution in [-0.4, -0.2) is 69.4 Å². The Balaban J connectivity index is 5.34. The van der Waals surface area contributed by atoms with Crippen LogP contribution in [0.4, 0.5) is 0 Å². The molecule has 0 spiro atoms. The number of quaternary nitrogens is 1. The molecule has 3 atom stereocenters. The molecule has 0 heterocycles. The van der Waals surface area contributed by atoms with Crippen LogP contribution in [0.3, 0.4) is 0 Å². The zero-order chi connectivity index (χ0) is 55.0. The van der Waals surface area contributed by atoms with Crippen LogP contribution in [0.15, 0.2) is 72.9 Å². The van der Waals surface area contributed by atoms with Gasteiger partial charge in [0.2, 0.25) is 5.91 Å². The highest BCUT2D eigenvalue weighted by Gasteiger charge is 2.27. The number of nitrogens with zero attached hydrogens (tertiary/aromatic N) is 1. The molecule has 0 saturated heterocycles. The van der Waals surface area contributed by atoms with Crippen molar-refractivity contribution >= 4 is 19.7 Å². The molecule has 1 N–H and O–H groups in total. The molecule has 75 heavy (non-hydrogen) atoms. The highest BCUT2D eigenvalue weighted by molar-refractivity contribution is 7.45. The lowest BCUT2D eigenvalue weighted by atomic mass is 10.0. The van der Waals surface area contributed by atoms with Gasteiger partial charge in [-0.15, -0.1) is 0 Å². The number of rotatable bonds is 56. The maximum atomic E-state index is 13.5. The molecule has 0 aliphatic carbocycles. The van der Waals surface area contributed by atoms with Gasteiger partial charge in [-0.3, -0.25) is 14.2 Å². The number of ether oxygens (including phenoxy) is 1. The SMILES string of the molecule is CC/C=C\C/C=C\C/C=C\C/C=C\C/C=C\CCCCCC(=O)OC(/C=C/CCCCCCCCCCCCC)C(COP(=O)([O-])OCC[N+](C)(C)C)NC(=O)CCCCCCCCCCCCCCCCCCC. The van der Waals surface area contributed by atoms with Gasteiger partial charge in [-0.2, -0.15) is 0 Å². The van der Waals surface area contributed by atoms with Crippen molar-refractivity contribution in [3.8, 4) is 0 Å². The van der Waals surface area contributed by atoms with Crippen molar-refractivity contribution in [2.45, 2.75) is 290 Å². The number of likely N-dealkylation sites (N-methyl/N-ethyl adjacent to an activating group) is 1. The Hall–Kier alpha value is -2.55. The summed E-state index contributed by atoms with van der Waals surface area (Å²) in [6.45, 7) is 6.73. The smallest absolute Gasteiger partial charge is 0.306 e. The maximum absolute atomic E-state index is 13.5. The van der Waals surface area contributed by atoms with Crippen LogP contribution in [0.5, 0.6) is 0 Å². The number of carbonyl (C=O) groups excluding carboxylic acids is 2. The van der Waals surface area contributed by atoms with Crippen LogP contribution < -0.4 is 10.2 Å². The molecule has 10 heteroatoms. The van der Waals surface area contributed by atoms with Gasteiger partial charge in [0.25, 0.3) is 7.82 Å². The lowest BCUT2D eigenvalue weighted by molar-refractivity contribution is -0.870. The van der Waals surface area contributed by atoms with Crippen molar-refractivity contribution in [3.05, 3.63) is 72.9 Å². The number of nitrogens with one attached hydrogen (secondary N) is 1. The summed E-state index contributed by atoms with van der Waals surface area (Å²) in [5.41, 5.74) is 0. The van der Waals surface area contributed by atoms with Crippen LogP contribution in [0.25, 0.3) is 0 Å². The first-order chi connectivity index (χ1) is 36.4. The molecule has 1 amide bonds. The fourth-order valence-corrected chi connectivity index (χ4v) is 9.57. The predicted octanol–water partition coefficient (Wildman–Crippen LogP) is 18.6. The molecule has 9 nitrogen and oxygen atoms in total. The summed E-state index contributed by atoms with van der Waals surface area (Å²) in [6, 6.07) is -0.902. The fourth-order valence-electron chi connectivity index (χ4n) is 8.84. The minimum atomic E-state index is -4.71. The van der Waals surface area contributed by atoms with Gasteiger partial charge in [0.15, 0.2) is 0 Å². The topological polar surface area (TPSA) is 114 Å². The molecule has 0 radical (unpaired) electrons. The lowest BCUT2D eigenvalue weighted by Crippen LogP contribution is -2.47. The fraction of sp³-hybridized carbons (Fsp3) is 0.785. The quantitative estimate of drug-likeness (QED) is 0.0212. The van der Waals surface area contributed by atoms with Gasteiger partial charge in [-0.05, 0) is 76.7 Å². The van der Waals surface area contributed by atoms with Crippen LogP contribution in [-0.2, 0) is 27.9 Å². The van der Waals surface area contributed by atoms with Gasteiger partial charge >= 0.3 is 5.97 Å². The first-order valence-corrected chi connectivity index (χ1v) is 32.7. The van der Waals surface area contributed by atoms with Crippen molar-refractivity contribution in [1.29, 1.82) is 0 Å². The number of allylic oxidation sites excluding steroid dienone is 11. The van der Waals surface area contributed by atoms with E-state index in [4.69, 9.17) is 13.8 Å². The average molecular weight is 1070 g/mol. The molecule has 0 bridgehead atoms. The van der Waals surface area contributed by atoms with E-state index in [2.05, 4.69) is 86.8 Å². The van der Waals surface area contributed by atoms with Crippen molar-refractivity contribution in [3.63, 3.8) is 0 Å². The summed E-state index contributed by atoms with van der Waals surface area (Å²) >= 11 is 0. The highest BCUT2D eigenvalue weighted by atomic mass is 31.2. The van der Waals surface area contributed by atoms with Crippen molar-refractivity contribution < 1.29 is 37.3 Å². The number of amides is 1. The standard InChI is InChI=1S/C65H119N2O7P/c1-7-10-13-16-19-22-25-28-30-32-33-35-37-40-43-46-49-52-55-58-65(69)74-63(56-53-50-47-44-41-38-27-24-21-18-15-12-9-3)62(61-73-75(70,71)72-60-59-67(4,5)6)66-64(68)57-54-51-48-45-42-39-36-34-31-29-26-23-20-17-14-11-8-2/h10,13,19,22,28,30,33,35,40,43,53,56,62-63H,7-9,11-12,14-18,20-21,23-27,29,31-32,34,36-39,41-42,44-52,54-55,57-61H2,1-6H3,(H-,66,68,70,71)/b13-10-,22-19-,30-28-,35-33-,43-40-,56-53+. The molecule has 3 unspecified atom stereocenters. The number of phosphoric ester groups is 1. The second kappa shape index (κ2) is 54.8. The predicted molar refractivity (Wildman–Crippen MR) is 321 cm³/mol. The van der Waals surface area contributed by atoms with E-state index in [1.807, 2.05) is 33.3 Å². The number of hydrogen-bond donors (Lipinski definition) is 1. The third-order valence-electron chi connectivity index (χ3n) is 13.7. The Morgan fingerprint density at radius 3 is 1.29 bits per heavy atom. The third kappa shape index (κ3) is 56.0. The summed E-state index contributed by atoms with van der Waals surface area (Å²) in [7, 11) is 1.17. The Morgan fingerprint density at radius 2 is 0.853 bits per heavy atom. The monoisotopic (exact) mass is 1070 g/mol. The minimum Gasteiger partial charge on any atom is -0.756 e. The highest BCUT2D eigenvalue weighted by Crippen LogP contribution is 2.38. The zero-order valence-corrected chi connectivity index (χ0v) is 50.6. The van der Waals surface area contributed by atoms with E-state index in [1.54, 1.807) is 0 Å². The van der Waals surface area contributed by atoms with Gasteiger partial charge in [-0.1, -0.05) is 261 Å². The Labute approximate surface area is 463 Å². The summed E-state index contributed by atoms with van der Waals surface area (Å²) in [5.74, 6) is -0.572. The average Bonchev–Trinajstić information content (AvgIpc) is 3.37. The number of unbranched alkanes of at least 4 members (excludes halogenated alkanes) is 30.